The zero-order valence-electron chi connectivity index (χ0n) is 33.5. The fourth-order valence-electron chi connectivity index (χ4n) is 5.48. The minimum Gasteiger partial charge on any atom is -0.744 e. The van der Waals surface area contributed by atoms with Crippen molar-refractivity contribution in [3.8, 4) is 11.4 Å². The molecule has 0 saturated heterocycles. The van der Waals surface area contributed by atoms with Crippen LogP contribution in [0.1, 0.15) is 11.1 Å². The van der Waals surface area contributed by atoms with Gasteiger partial charge in [-0.25, -0.2) is 16.8 Å². The van der Waals surface area contributed by atoms with Gasteiger partial charge in [-0.2, -0.15) is 29.9 Å². The van der Waals surface area contributed by atoms with Gasteiger partial charge in [0.05, 0.1) is 23.0 Å². The Morgan fingerprint density at radius 2 is 0.967 bits per heavy atom. The molecular formula is C38H37N11Na2O8S2. The van der Waals surface area contributed by atoms with Gasteiger partial charge in [-0.05, 0) is 47.5 Å². The van der Waals surface area contributed by atoms with Crippen molar-refractivity contribution in [3.05, 3.63) is 108 Å². The zero-order chi connectivity index (χ0) is 42.2. The number of nitrogens with one attached hydrogen (secondary N) is 3. The molecule has 0 aliphatic rings. The normalized spacial score (nSPS) is 11.3. The van der Waals surface area contributed by atoms with Crippen LogP contribution in [0.15, 0.2) is 107 Å². The first kappa shape index (κ1) is 49.0. The first-order valence-electron chi connectivity index (χ1n) is 17.7. The molecule has 0 fully saturated rings. The SMILES string of the molecule is CN(CCO)c1nc(Nc2ccccc2)nc(Nc2ccc(/C=C/c3ccc(Nc4nc(-c5ccccc5)nc(N(C)CCO)n4)cc3S(=O)(=O)[O-])c(S(=O)(=O)[O-])c2)n1.[Na+].[Na+]. The van der Waals surface area contributed by atoms with E-state index in [1.54, 1.807) is 60.3 Å². The summed E-state index contributed by atoms with van der Waals surface area (Å²) >= 11 is 0. The van der Waals surface area contributed by atoms with Crippen LogP contribution in [0.25, 0.3) is 23.5 Å². The Morgan fingerprint density at radius 1 is 0.557 bits per heavy atom. The van der Waals surface area contributed by atoms with Gasteiger partial charge in [0.15, 0.2) is 5.82 Å². The van der Waals surface area contributed by atoms with E-state index < -0.39 is 30.0 Å². The van der Waals surface area contributed by atoms with Gasteiger partial charge in [-0.3, -0.25) is 0 Å². The van der Waals surface area contributed by atoms with E-state index in [-0.39, 0.29) is 143 Å². The molecular weight excluding hydrogens is 849 g/mol. The van der Waals surface area contributed by atoms with Gasteiger partial charge in [0.25, 0.3) is 0 Å². The number of hydrogen-bond acceptors (Lipinski definition) is 19. The summed E-state index contributed by atoms with van der Waals surface area (Å²) in [6.07, 6.45) is 2.39. The van der Waals surface area contributed by atoms with Crippen LogP contribution in [0.2, 0.25) is 0 Å². The molecule has 19 nitrogen and oxygen atoms in total. The van der Waals surface area contributed by atoms with E-state index in [2.05, 4.69) is 45.9 Å². The number of aliphatic hydroxyl groups is 2. The van der Waals surface area contributed by atoms with E-state index >= 15 is 0 Å². The van der Waals surface area contributed by atoms with E-state index in [9.17, 15) is 36.2 Å². The third-order valence-corrected chi connectivity index (χ3v) is 10.2. The van der Waals surface area contributed by atoms with Crippen molar-refractivity contribution in [3.63, 3.8) is 0 Å². The Kier molecular flexibility index (Phi) is 17.6. The maximum absolute atomic E-state index is 12.5. The maximum Gasteiger partial charge on any atom is 1.00 e. The van der Waals surface area contributed by atoms with Crippen LogP contribution >= 0.6 is 0 Å². The third-order valence-electron chi connectivity index (χ3n) is 8.38. The first-order valence-corrected chi connectivity index (χ1v) is 20.5. The van der Waals surface area contributed by atoms with Gasteiger partial charge >= 0.3 is 59.1 Å². The molecule has 0 aliphatic heterocycles. The molecule has 2 heterocycles. The smallest absolute Gasteiger partial charge is 0.744 e. The quantitative estimate of drug-likeness (QED) is 0.0369. The molecule has 0 aliphatic carbocycles. The fourth-order valence-corrected chi connectivity index (χ4v) is 6.87. The number of anilines is 8. The first-order chi connectivity index (χ1) is 28.2. The summed E-state index contributed by atoms with van der Waals surface area (Å²) in [6.45, 7) is 0.0534. The molecule has 6 aromatic rings. The van der Waals surface area contributed by atoms with Crippen LogP contribution < -0.4 is 84.9 Å². The minimum absolute atomic E-state index is 0. The van der Waals surface area contributed by atoms with E-state index in [0.717, 1.165) is 12.1 Å². The standard InChI is InChI=1S/C38H39N11O8S2.2Na/c1-48(19-21-50)37-43-33(27-9-5-3-6-10-27)42-34(45-37)40-29-17-15-25(31(23-29)58(52,53)54)13-14-26-16-18-30(24-32(26)59(55,56)57)41-36-44-35(39-28-11-7-4-8-12-28)46-38(47-36)49(2)20-22-51;;/h3-18,23-24,50-51H,19-22H2,1-2H3,(H,52,53,54)(H,55,56,57)(H,40,42,43,45)(H2,39,41,44,46,47);;/q;2*+1/p-2/b14-13+;;. The van der Waals surface area contributed by atoms with Crippen molar-refractivity contribution in [1.29, 1.82) is 0 Å². The van der Waals surface area contributed by atoms with Crippen LogP contribution in [0.3, 0.4) is 0 Å². The Hall–Kier alpha value is -4.62. The van der Waals surface area contributed by atoms with Crippen LogP contribution in [0, 0.1) is 0 Å². The summed E-state index contributed by atoms with van der Waals surface area (Å²) < 4.78 is 75.1. The van der Waals surface area contributed by atoms with Crippen LogP contribution in [0.5, 0.6) is 0 Å². The predicted molar refractivity (Wildman–Crippen MR) is 220 cm³/mol. The minimum atomic E-state index is -5.12. The number of rotatable bonds is 17. The number of aromatic nitrogens is 6. The second-order valence-electron chi connectivity index (χ2n) is 12.7. The Morgan fingerprint density at radius 3 is 1.41 bits per heavy atom. The molecule has 0 unspecified atom stereocenters. The number of likely N-dealkylation sites (N-methyl/N-ethyl adjacent to an activating group) is 2. The molecule has 306 valence electrons. The molecule has 4 aromatic carbocycles. The molecule has 0 saturated carbocycles. The Bertz CT molecular complexity index is 2690. The van der Waals surface area contributed by atoms with Crippen molar-refractivity contribution in [2.45, 2.75) is 9.79 Å². The molecule has 0 spiro atoms. The van der Waals surface area contributed by atoms with Crippen molar-refractivity contribution in [1.82, 2.24) is 29.9 Å². The molecule has 23 heteroatoms. The number of aliphatic hydroxyl groups excluding tert-OH is 2. The number of nitrogens with zero attached hydrogens (tertiary/aromatic N) is 8. The average molecular weight is 886 g/mol. The molecule has 0 amide bonds. The summed E-state index contributed by atoms with van der Waals surface area (Å²) in [5, 5.41) is 27.8. The molecule has 6 rings (SSSR count). The average Bonchev–Trinajstić information content (AvgIpc) is 3.20. The molecule has 0 atom stereocenters. The van der Waals surface area contributed by atoms with Crippen LogP contribution in [0.4, 0.5) is 46.8 Å². The van der Waals surface area contributed by atoms with Crippen LogP contribution in [-0.4, -0.2) is 106 Å². The monoisotopic (exact) mass is 885 g/mol. The van der Waals surface area contributed by atoms with E-state index in [1.807, 2.05) is 24.3 Å². The molecule has 0 radical (unpaired) electrons. The van der Waals surface area contributed by atoms with Crippen molar-refractivity contribution >= 4 is 79.2 Å². The number of hydrogen-bond donors (Lipinski definition) is 5. The summed E-state index contributed by atoms with van der Waals surface area (Å²) in [5.41, 5.74) is 1.37. The van der Waals surface area contributed by atoms with Crippen molar-refractivity contribution in [2.24, 2.45) is 0 Å². The van der Waals surface area contributed by atoms with Gasteiger partial charge in [-0.1, -0.05) is 72.8 Å². The summed E-state index contributed by atoms with van der Waals surface area (Å²) in [6, 6.07) is 25.7. The molecule has 2 aromatic heterocycles. The number of benzene rings is 4. The summed E-state index contributed by atoms with van der Waals surface area (Å²) in [7, 11) is -6.90. The van der Waals surface area contributed by atoms with Crippen LogP contribution in [-0.2, 0) is 20.2 Å². The predicted octanol–water partition coefficient (Wildman–Crippen LogP) is -2.20. The Balaban J connectivity index is 0.00000410. The zero-order valence-corrected chi connectivity index (χ0v) is 39.1. The van der Waals surface area contributed by atoms with Gasteiger partial charge in [0.1, 0.15) is 20.2 Å². The second kappa shape index (κ2) is 21.9. The van der Waals surface area contributed by atoms with Gasteiger partial charge < -0.3 is 45.1 Å². The molecule has 61 heavy (non-hydrogen) atoms. The fraction of sp³-hybridized carbons (Fsp3) is 0.158. The van der Waals surface area contributed by atoms with Gasteiger partial charge in [0.2, 0.25) is 29.7 Å². The largest absolute Gasteiger partial charge is 1.00 e. The van der Waals surface area contributed by atoms with E-state index in [0.29, 0.717) is 11.3 Å². The summed E-state index contributed by atoms with van der Waals surface area (Å²) in [5.74, 6) is 0.817. The van der Waals surface area contributed by atoms with E-state index in [4.69, 9.17) is 0 Å². The maximum atomic E-state index is 12.5. The third kappa shape index (κ3) is 13.4. The molecule has 5 N–H and O–H groups in total. The number of para-hydroxylation sites is 1. The van der Waals surface area contributed by atoms with Crippen molar-refractivity contribution in [2.75, 3.05) is 66.1 Å². The molecule has 0 bridgehead atoms. The van der Waals surface area contributed by atoms with E-state index in [1.165, 1.54) is 36.4 Å². The Labute approximate surface area is 396 Å². The van der Waals surface area contributed by atoms with Crippen molar-refractivity contribution < 1.29 is 95.3 Å². The second-order valence-corrected chi connectivity index (χ2v) is 15.4. The summed E-state index contributed by atoms with van der Waals surface area (Å²) in [4.78, 5) is 28.3. The topological polar surface area (TPSA) is 275 Å². The van der Waals surface area contributed by atoms with Gasteiger partial charge in [-0.15, -0.1) is 0 Å². The van der Waals surface area contributed by atoms with Gasteiger partial charge in [0, 0.05) is 49.8 Å².